The van der Waals surface area contributed by atoms with Crippen LogP contribution in [0.1, 0.15) is 35.7 Å². The number of amides is 1. The predicted octanol–water partition coefficient (Wildman–Crippen LogP) is 3.78. The molecule has 0 N–H and O–H groups in total. The van der Waals surface area contributed by atoms with Crippen molar-refractivity contribution in [3.8, 4) is 5.75 Å². The van der Waals surface area contributed by atoms with Crippen molar-refractivity contribution in [3.05, 3.63) is 72.3 Å². The predicted molar refractivity (Wildman–Crippen MR) is 108 cm³/mol. The Morgan fingerprint density at radius 3 is 2.46 bits per heavy atom. The zero-order valence-electron chi connectivity index (χ0n) is 16.2. The van der Waals surface area contributed by atoms with E-state index in [1.54, 1.807) is 18.1 Å². The van der Waals surface area contributed by atoms with Gasteiger partial charge in [0.05, 0.1) is 13.7 Å². The number of rotatable bonds is 7. The number of anilines is 1. The summed E-state index contributed by atoms with van der Waals surface area (Å²) in [5.74, 6) is 1.38. The Labute approximate surface area is 164 Å². The van der Waals surface area contributed by atoms with Crippen molar-refractivity contribution >= 4 is 11.6 Å². The zero-order valence-corrected chi connectivity index (χ0v) is 16.2. The molecular weight excluding hydrogens is 352 g/mol. The fraction of sp³-hybridized carbons (Fsp3) is 0.318. The molecule has 1 atom stereocenters. The number of methoxy groups -OCH3 is 1. The Morgan fingerprint density at radius 1 is 1.18 bits per heavy atom. The van der Waals surface area contributed by atoms with Crippen LogP contribution in [-0.2, 0) is 6.54 Å². The monoisotopic (exact) mass is 376 g/mol. The molecule has 0 aliphatic heterocycles. The minimum absolute atomic E-state index is 0.0249. The van der Waals surface area contributed by atoms with Gasteiger partial charge in [-0.25, -0.2) is 9.67 Å². The van der Waals surface area contributed by atoms with E-state index >= 15 is 0 Å². The van der Waals surface area contributed by atoms with Crippen LogP contribution in [-0.4, -0.2) is 33.8 Å². The lowest BCUT2D eigenvalue weighted by Gasteiger charge is -2.30. The first-order valence-corrected chi connectivity index (χ1v) is 9.54. The van der Waals surface area contributed by atoms with E-state index in [0.29, 0.717) is 18.0 Å². The minimum atomic E-state index is 0.0249. The highest BCUT2D eigenvalue weighted by molar-refractivity contribution is 6.06. The molecule has 1 aliphatic rings. The van der Waals surface area contributed by atoms with Gasteiger partial charge in [-0.1, -0.05) is 12.1 Å². The zero-order chi connectivity index (χ0) is 19.5. The first kappa shape index (κ1) is 18.2. The number of hydrogen-bond donors (Lipinski definition) is 0. The molecule has 0 unspecified atom stereocenters. The van der Waals surface area contributed by atoms with Crippen molar-refractivity contribution in [1.29, 1.82) is 0 Å². The second kappa shape index (κ2) is 7.84. The molecule has 0 bridgehead atoms. The molecule has 0 radical (unpaired) electrons. The van der Waals surface area contributed by atoms with E-state index in [9.17, 15) is 4.79 Å². The molecule has 0 saturated heterocycles. The summed E-state index contributed by atoms with van der Waals surface area (Å²) in [4.78, 5) is 19.2. The van der Waals surface area contributed by atoms with Crippen LogP contribution in [0.15, 0.2) is 61.2 Å². The summed E-state index contributed by atoms with van der Waals surface area (Å²) >= 11 is 0. The number of aromatic nitrogens is 3. The van der Waals surface area contributed by atoms with Gasteiger partial charge in [0, 0.05) is 17.3 Å². The average Bonchev–Trinajstić information content (AvgIpc) is 3.46. The van der Waals surface area contributed by atoms with Crippen LogP contribution < -0.4 is 9.64 Å². The second-order valence-electron chi connectivity index (χ2n) is 7.24. The van der Waals surface area contributed by atoms with Gasteiger partial charge in [-0.3, -0.25) is 4.79 Å². The number of ether oxygens (including phenoxy) is 1. The van der Waals surface area contributed by atoms with Crippen LogP contribution in [0.4, 0.5) is 5.69 Å². The lowest BCUT2D eigenvalue weighted by Crippen LogP contribution is -2.40. The third-order valence-corrected chi connectivity index (χ3v) is 5.29. The van der Waals surface area contributed by atoms with Crippen LogP contribution in [0.2, 0.25) is 0 Å². The maximum absolute atomic E-state index is 13.4. The summed E-state index contributed by atoms with van der Waals surface area (Å²) in [7, 11) is 1.64. The van der Waals surface area contributed by atoms with Crippen LogP contribution in [0.3, 0.4) is 0 Å². The summed E-state index contributed by atoms with van der Waals surface area (Å²) in [5, 5.41) is 4.12. The SMILES string of the molecule is COc1ccc(N(C(=O)c2ccc(Cn3cncn3)cc2)[C@@H](C)C2CC2)cc1. The fourth-order valence-electron chi connectivity index (χ4n) is 3.46. The van der Waals surface area contributed by atoms with Gasteiger partial charge in [-0.05, 0) is 67.6 Å². The molecule has 6 nitrogen and oxygen atoms in total. The van der Waals surface area contributed by atoms with Crippen LogP contribution in [0.25, 0.3) is 0 Å². The van der Waals surface area contributed by atoms with Gasteiger partial charge in [-0.2, -0.15) is 5.10 Å². The Kier molecular flexibility index (Phi) is 5.10. The lowest BCUT2D eigenvalue weighted by molar-refractivity contribution is 0.0975. The maximum atomic E-state index is 13.4. The summed E-state index contributed by atoms with van der Waals surface area (Å²) < 4.78 is 7.02. The Hall–Kier alpha value is -3.15. The fourth-order valence-corrected chi connectivity index (χ4v) is 3.46. The van der Waals surface area contributed by atoms with E-state index in [0.717, 1.165) is 17.0 Å². The molecular formula is C22H24N4O2. The Bertz CT molecular complexity index is 916. The van der Waals surface area contributed by atoms with Gasteiger partial charge in [0.1, 0.15) is 18.4 Å². The van der Waals surface area contributed by atoms with Crippen molar-refractivity contribution in [2.45, 2.75) is 32.4 Å². The maximum Gasteiger partial charge on any atom is 0.258 e. The molecule has 0 spiro atoms. The molecule has 4 rings (SSSR count). The van der Waals surface area contributed by atoms with Crippen molar-refractivity contribution in [2.75, 3.05) is 12.0 Å². The molecule has 6 heteroatoms. The molecule has 1 aromatic heterocycles. The van der Waals surface area contributed by atoms with E-state index < -0.39 is 0 Å². The van der Waals surface area contributed by atoms with Gasteiger partial charge < -0.3 is 9.64 Å². The lowest BCUT2D eigenvalue weighted by atomic mass is 10.1. The summed E-state index contributed by atoms with van der Waals surface area (Å²) in [5.41, 5.74) is 2.66. The summed E-state index contributed by atoms with van der Waals surface area (Å²) in [6, 6.07) is 15.6. The third kappa shape index (κ3) is 3.91. The molecule has 1 aliphatic carbocycles. The van der Waals surface area contributed by atoms with Gasteiger partial charge in [0.2, 0.25) is 0 Å². The molecule has 1 amide bonds. The number of carbonyl (C=O) groups is 1. The summed E-state index contributed by atoms with van der Waals surface area (Å²) in [6.07, 6.45) is 5.56. The van der Waals surface area contributed by atoms with E-state index in [-0.39, 0.29) is 11.9 Å². The number of nitrogens with zero attached hydrogens (tertiary/aromatic N) is 4. The van der Waals surface area contributed by atoms with Gasteiger partial charge in [0.15, 0.2) is 0 Å². The minimum Gasteiger partial charge on any atom is -0.497 e. The average molecular weight is 376 g/mol. The normalized spacial score (nSPS) is 14.5. The van der Waals surface area contributed by atoms with E-state index in [1.807, 2.05) is 53.4 Å². The molecule has 1 heterocycles. The van der Waals surface area contributed by atoms with Crippen molar-refractivity contribution in [1.82, 2.24) is 14.8 Å². The van der Waals surface area contributed by atoms with Gasteiger partial charge >= 0.3 is 0 Å². The highest BCUT2D eigenvalue weighted by atomic mass is 16.5. The molecule has 1 saturated carbocycles. The topological polar surface area (TPSA) is 60.2 Å². The smallest absolute Gasteiger partial charge is 0.258 e. The molecule has 3 aromatic rings. The second-order valence-corrected chi connectivity index (χ2v) is 7.24. The first-order chi connectivity index (χ1) is 13.7. The standard InChI is InChI=1S/C22H24N4O2/c1-16(18-7-8-18)26(20-9-11-21(28-2)12-10-20)22(27)19-5-3-17(4-6-19)13-25-15-23-14-24-25/h3-6,9-12,14-16,18H,7-8,13H2,1-2H3/t16-/m0/s1. The summed E-state index contributed by atoms with van der Waals surface area (Å²) in [6.45, 7) is 2.77. The number of carbonyl (C=O) groups excluding carboxylic acids is 1. The highest BCUT2D eigenvalue weighted by Gasteiger charge is 2.35. The van der Waals surface area contributed by atoms with E-state index in [1.165, 1.54) is 19.2 Å². The molecule has 144 valence electrons. The quantitative estimate of drug-likeness (QED) is 0.630. The molecule has 28 heavy (non-hydrogen) atoms. The highest BCUT2D eigenvalue weighted by Crippen LogP contribution is 2.38. The van der Waals surface area contributed by atoms with Gasteiger partial charge in [-0.15, -0.1) is 0 Å². The van der Waals surface area contributed by atoms with Crippen molar-refractivity contribution in [3.63, 3.8) is 0 Å². The van der Waals surface area contributed by atoms with E-state index in [2.05, 4.69) is 17.0 Å². The van der Waals surface area contributed by atoms with Crippen molar-refractivity contribution in [2.24, 2.45) is 5.92 Å². The Morgan fingerprint density at radius 2 is 1.89 bits per heavy atom. The van der Waals surface area contributed by atoms with Crippen LogP contribution >= 0.6 is 0 Å². The third-order valence-electron chi connectivity index (χ3n) is 5.29. The largest absolute Gasteiger partial charge is 0.497 e. The number of hydrogen-bond acceptors (Lipinski definition) is 4. The van der Waals surface area contributed by atoms with Gasteiger partial charge in [0.25, 0.3) is 5.91 Å². The van der Waals surface area contributed by atoms with E-state index in [4.69, 9.17) is 4.74 Å². The van der Waals surface area contributed by atoms with Crippen LogP contribution in [0.5, 0.6) is 5.75 Å². The Balaban J connectivity index is 1.57. The van der Waals surface area contributed by atoms with Crippen molar-refractivity contribution < 1.29 is 9.53 Å². The molecule has 1 fully saturated rings. The van der Waals surface area contributed by atoms with Crippen LogP contribution in [0, 0.1) is 5.92 Å². The molecule has 2 aromatic carbocycles. The number of benzene rings is 2. The first-order valence-electron chi connectivity index (χ1n) is 9.54.